The molecule has 1 aromatic rings. The largest absolute Gasteiger partial charge is 0.508 e. The summed E-state index contributed by atoms with van der Waals surface area (Å²) in [6.45, 7) is 9.54. The van der Waals surface area contributed by atoms with Crippen LogP contribution in [0.5, 0.6) is 5.75 Å². The lowest BCUT2D eigenvalue weighted by Crippen LogP contribution is -2.46. The van der Waals surface area contributed by atoms with Gasteiger partial charge in [0.15, 0.2) is 0 Å². The molecule has 0 spiro atoms. The number of hydrogen-bond acceptors (Lipinski definition) is 4. The molecule has 2 rings (SSSR count). The number of benzene rings is 1. The van der Waals surface area contributed by atoms with E-state index in [0.29, 0.717) is 5.75 Å². The van der Waals surface area contributed by atoms with Crippen molar-refractivity contribution in [3.05, 3.63) is 23.8 Å². The van der Waals surface area contributed by atoms with E-state index < -0.39 is 0 Å². The van der Waals surface area contributed by atoms with Gasteiger partial charge in [-0.3, -0.25) is 4.90 Å². The molecule has 1 heterocycles. The number of phenols is 1. The minimum absolute atomic E-state index is 0.129. The summed E-state index contributed by atoms with van der Waals surface area (Å²) in [6.07, 6.45) is 1.21. The Morgan fingerprint density at radius 1 is 1.26 bits per heavy atom. The Hall–Kier alpha value is -1.26. The Bertz CT molecular complexity index is 412. The minimum atomic E-state index is -0.129. The van der Waals surface area contributed by atoms with Crippen LogP contribution in [0.1, 0.15) is 31.9 Å². The maximum absolute atomic E-state index is 10.0. The summed E-state index contributed by atoms with van der Waals surface area (Å²) >= 11 is 0. The van der Waals surface area contributed by atoms with Gasteiger partial charge in [-0.15, -0.1) is 0 Å². The molecule has 1 fully saturated rings. The quantitative estimate of drug-likeness (QED) is 0.872. The van der Waals surface area contributed by atoms with E-state index in [-0.39, 0.29) is 6.04 Å². The molecule has 1 atom stereocenters. The number of piperazine rings is 1. The average Bonchev–Trinajstić information content (AvgIpc) is 2.39. The average molecular weight is 263 g/mol. The smallest absolute Gasteiger partial charge is 0.122 e. The normalized spacial score (nSPS) is 18.6. The van der Waals surface area contributed by atoms with E-state index in [4.69, 9.17) is 5.73 Å². The van der Waals surface area contributed by atoms with Gasteiger partial charge in [0.05, 0.1) is 0 Å². The van der Waals surface area contributed by atoms with E-state index in [2.05, 4.69) is 22.8 Å². The SMILES string of the molecule is CCCN1CCN(c2ccc(C(C)N)c(O)c2)CC1. The molecule has 0 radical (unpaired) electrons. The lowest BCUT2D eigenvalue weighted by Gasteiger charge is -2.36. The van der Waals surface area contributed by atoms with Crippen LogP contribution >= 0.6 is 0 Å². The van der Waals surface area contributed by atoms with E-state index in [1.165, 1.54) is 13.0 Å². The summed E-state index contributed by atoms with van der Waals surface area (Å²) in [7, 11) is 0. The highest BCUT2D eigenvalue weighted by molar-refractivity contribution is 5.54. The van der Waals surface area contributed by atoms with Crippen LogP contribution in [0.25, 0.3) is 0 Å². The Balaban J connectivity index is 2.02. The first-order chi connectivity index (χ1) is 9.11. The lowest BCUT2D eigenvalue weighted by molar-refractivity contribution is 0.258. The fraction of sp³-hybridized carbons (Fsp3) is 0.600. The van der Waals surface area contributed by atoms with Gasteiger partial charge in [0.25, 0.3) is 0 Å². The molecular weight excluding hydrogens is 238 g/mol. The predicted molar refractivity (Wildman–Crippen MR) is 79.7 cm³/mol. The summed E-state index contributed by atoms with van der Waals surface area (Å²) in [5.41, 5.74) is 7.72. The number of anilines is 1. The van der Waals surface area contributed by atoms with Gasteiger partial charge in [0.1, 0.15) is 5.75 Å². The maximum atomic E-state index is 10.0. The van der Waals surface area contributed by atoms with Crippen molar-refractivity contribution in [2.45, 2.75) is 26.3 Å². The number of aromatic hydroxyl groups is 1. The number of phenolic OH excluding ortho intramolecular Hbond substituents is 1. The molecule has 106 valence electrons. The number of rotatable bonds is 4. The topological polar surface area (TPSA) is 52.7 Å². The number of nitrogens with zero attached hydrogens (tertiary/aromatic N) is 2. The Morgan fingerprint density at radius 2 is 1.95 bits per heavy atom. The third kappa shape index (κ3) is 3.39. The first kappa shape index (κ1) is 14.2. The van der Waals surface area contributed by atoms with E-state index in [1.54, 1.807) is 0 Å². The highest BCUT2D eigenvalue weighted by Crippen LogP contribution is 2.28. The molecule has 4 heteroatoms. The Morgan fingerprint density at radius 3 is 2.47 bits per heavy atom. The first-order valence-electron chi connectivity index (χ1n) is 7.17. The van der Waals surface area contributed by atoms with Crippen molar-refractivity contribution in [2.75, 3.05) is 37.6 Å². The molecule has 0 amide bonds. The second-order valence-electron chi connectivity index (χ2n) is 5.36. The second kappa shape index (κ2) is 6.26. The van der Waals surface area contributed by atoms with E-state index in [9.17, 15) is 5.11 Å². The fourth-order valence-corrected chi connectivity index (χ4v) is 2.66. The number of nitrogens with two attached hydrogens (primary N) is 1. The molecule has 4 nitrogen and oxygen atoms in total. The van der Waals surface area contributed by atoms with Gasteiger partial charge >= 0.3 is 0 Å². The van der Waals surface area contributed by atoms with Crippen LogP contribution in [-0.4, -0.2) is 42.7 Å². The fourth-order valence-electron chi connectivity index (χ4n) is 2.66. The zero-order valence-electron chi connectivity index (χ0n) is 12.0. The third-order valence-corrected chi connectivity index (χ3v) is 3.78. The molecule has 1 aliphatic heterocycles. The van der Waals surface area contributed by atoms with Gasteiger partial charge in [-0.1, -0.05) is 13.0 Å². The summed E-state index contributed by atoms with van der Waals surface area (Å²) in [6, 6.07) is 5.71. The van der Waals surface area contributed by atoms with Crippen LogP contribution in [0.4, 0.5) is 5.69 Å². The van der Waals surface area contributed by atoms with Crippen LogP contribution in [0.15, 0.2) is 18.2 Å². The molecular formula is C15H25N3O. The van der Waals surface area contributed by atoms with Crippen LogP contribution in [0.2, 0.25) is 0 Å². The first-order valence-corrected chi connectivity index (χ1v) is 7.17. The molecule has 0 aliphatic carbocycles. The van der Waals surface area contributed by atoms with Crippen molar-refractivity contribution in [1.82, 2.24) is 4.90 Å². The van der Waals surface area contributed by atoms with Crippen molar-refractivity contribution in [1.29, 1.82) is 0 Å². The number of hydrogen-bond donors (Lipinski definition) is 2. The Kier molecular flexibility index (Phi) is 4.66. The van der Waals surface area contributed by atoms with E-state index >= 15 is 0 Å². The van der Waals surface area contributed by atoms with Gasteiger partial charge in [-0.25, -0.2) is 0 Å². The van der Waals surface area contributed by atoms with Crippen LogP contribution in [-0.2, 0) is 0 Å². The van der Waals surface area contributed by atoms with Crippen LogP contribution in [0, 0.1) is 0 Å². The van der Waals surface area contributed by atoms with E-state index in [1.807, 2.05) is 19.1 Å². The monoisotopic (exact) mass is 263 g/mol. The van der Waals surface area contributed by atoms with Crippen molar-refractivity contribution in [3.63, 3.8) is 0 Å². The second-order valence-corrected chi connectivity index (χ2v) is 5.36. The van der Waals surface area contributed by atoms with Gasteiger partial charge in [0.2, 0.25) is 0 Å². The zero-order valence-corrected chi connectivity index (χ0v) is 12.0. The van der Waals surface area contributed by atoms with Crippen LogP contribution < -0.4 is 10.6 Å². The summed E-state index contributed by atoms with van der Waals surface area (Å²) < 4.78 is 0. The van der Waals surface area contributed by atoms with Crippen molar-refractivity contribution in [2.24, 2.45) is 5.73 Å². The molecule has 1 aromatic carbocycles. The molecule has 1 aliphatic rings. The minimum Gasteiger partial charge on any atom is -0.508 e. The highest BCUT2D eigenvalue weighted by atomic mass is 16.3. The molecule has 0 bridgehead atoms. The molecule has 0 aromatic heterocycles. The van der Waals surface area contributed by atoms with Crippen molar-refractivity contribution in [3.8, 4) is 5.75 Å². The summed E-state index contributed by atoms with van der Waals surface area (Å²) in [5.74, 6) is 0.309. The molecule has 0 saturated carbocycles. The van der Waals surface area contributed by atoms with Crippen LogP contribution in [0.3, 0.4) is 0 Å². The third-order valence-electron chi connectivity index (χ3n) is 3.78. The van der Waals surface area contributed by atoms with Gasteiger partial charge < -0.3 is 15.7 Å². The van der Waals surface area contributed by atoms with Gasteiger partial charge in [-0.2, -0.15) is 0 Å². The van der Waals surface area contributed by atoms with E-state index in [0.717, 1.165) is 37.4 Å². The molecule has 19 heavy (non-hydrogen) atoms. The maximum Gasteiger partial charge on any atom is 0.122 e. The standard InChI is InChI=1S/C15H25N3O/c1-3-6-17-7-9-18(10-8-17)13-4-5-14(12(2)16)15(19)11-13/h4-5,11-12,19H,3,6-10,16H2,1-2H3. The summed E-state index contributed by atoms with van der Waals surface area (Å²) in [4.78, 5) is 4.82. The van der Waals surface area contributed by atoms with Gasteiger partial charge in [-0.05, 0) is 26.0 Å². The van der Waals surface area contributed by atoms with Crippen molar-refractivity contribution >= 4 is 5.69 Å². The Labute approximate surface area is 115 Å². The highest BCUT2D eigenvalue weighted by Gasteiger charge is 2.17. The van der Waals surface area contributed by atoms with Crippen molar-refractivity contribution < 1.29 is 5.11 Å². The van der Waals surface area contributed by atoms with Gasteiger partial charge in [0, 0.05) is 49.5 Å². The summed E-state index contributed by atoms with van der Waals surface area (Å²) in [5, 5.41) is 10.0. The molecule has 3 N–H and O–H groups in total. The molecule has 1 saturated heterocycles. The predicted octanol–water partition coefficient (Wildman–Crippen LogP) is 1.94. The zero-order chi connectivity index (χ0) is 13.8. The lowest BCUT2D eigenvalue weighted by atomic mass is 10.1. The molecule has 1 unspecified atom stereocenters.